The molecule has 0 aliphatic heterocycles. The molecule has 0 saturated heterocycles. The zero-order valence-electron chi connectivity index (χ0n) is 15.5. The third kappa shape index (κ3) is 3.96. The van der Waals surface area contributed by atoms with Crippen molar-refractivity contribution in [3.8, 4) is 11.5 Å². The van der Waals surface area contributed by atoms with E-state index in [-0.39, 0.29) is 11.7 Å². The van der Waals surface area contributed by atoms with Gasteiger partial charge in [0.25, 0.3) is 0 Å². The highest BCUT2D eigenvalue weighted by Crippen LogP contribution is 2.15. The molecular formula is C20H18N6O2. The summed E-state index contributed by atoms with van der Waals surface area (Å²) in [6, 6.07) is 15.6. The molecule has 1 amide bonds. The van der Waals surface area contributed by atoms with Crippen LogP contribution in [0.15, 0.2) is 59.3 Å². The summed E-state index contributed by atoms with van der Waals surface area (Å²) in [5.74, 6) is -0.398. The molecule has 8 nitrogen and oxygen atoms in total. The van der Waals surface area contributed by atoms with E-state index in [0.717, 1.165) is 11.1 Å². The van der Waals surface area contributed by atoms with E-state index in [2.05, 4.69) is 25.8 Å². The quantitative estimate of drug-likeness (QED) is 0.576. The summed E-state index contributed by atoms with van der Waals surface area (Å²) in [6.07, 6.45) is 1.72. The van der Waals surface area contributed by atoms with Crippen molar-refractivity contribution in [2.75, 3.05) is 5.32 Å². The number of rotatable bonds is 5. The Labute approximate surface area is 161 Å². The number of carbonyl (C=O) groups is 1. The number of amides is 1. The molecule has 0 unspecified atom stereocenters. The SMILES string of the molecule is Cc1ccc(Cn2cc(-c3noc(C(=O)Nc4cccc(C)c4)n3)nn2)cc1. The summed E-state index contributed by atoms with van der Waals surface area (Å²) >= 11 is 0. The van der Waals surface area contributed by atoms with E-state index >= 15 is 0 Å². The molecule has 0 radical (unpaired) electrons. The Bertz CT molecular complexity index is 1110. The van der Waals surface area contributed by atoms with Gasteiger partial charge in [-0.3, -0.25) is 4.79 Å². The van der Waals surface area contributed by atoms with Crippen molar-refractivity contribution < 1.29 is 9.32 Å². The summed E-state index contributed by atoms with van der Waals surface area (Å²) in [5, 5.41) is 14.7. The van der Waals surface area contributed by atoms with Gasteiger partial charge < -0.3 is 9.84 Å². The van der Waals surface area contributed by atoms with Crippen LogP contribution in [0.1, 0.15) is 27.4 Å². The smallest absolute Gasteiger partial charge is 0.316 e. The van der Waals surface area contributed by atoms with Crippen molar-refractivity contribution in [1.82, 2.24) is 25.1 Å². The van der Waals surface area contributed by atoms with Crippen molar-refractivity contribution in [1.29, 1.82) is 0 Å². The molecule has 1 N–H and O–H groups in total. The number of hydrogen-bond donors (Lipinski definition) is 1. The van der Waals surface area contributed by atoms with Gasteiger partial charge in [0, 0.05) is 5.69 Å². The fraction of sp³-hybridized carbons (Fsp3) is 0.150. The summed E-state index contributed by atoms with van der Waals surface area (Å²) < 4.78 is 6.76. The predicted molar refractivity (Wildman–Crippen MR) is 103 cm³/mol. The van der Waals surface area contributed by atoms with Crippen LogP contribution in [0.4, 0.5) is 5.69 Å². The third-order valence-electron chi connectivity index (χ3n) is 4.13. The van der Waals surface area contributed by atoms with Crippen LogP contribution in [-0.2, 0) is 6.54 Å². The highest BCUT2D eigenvalue weighted by molar-refractivity contribution is 6.01. The fourth-order valence-electron chi connectivity index (χ4n) is 2.69. The van der Waals surface area contributed by atoms with Crippen molar-refractivity contribution in [2.24, 2.45) is 0 Å². The molecule has 0 saturated carbocycles. The Kier molecular flexibility index (Phi) is 4.67. The Morgan fingerprint density at radius 3 is 2.71 bits per heavy atom. The minimum atomic E-state index is -0.476. The van der Waals surface area contributed by atoms with Gasteiger partial charge in [-0.25, -0.2) is 4.68 Å². The van der Waals surface area contributed by atoms with Gasteiger partial charge in [0.1, 0.15) is 0 Å². The number of carbonyl (C=O) groups excluding carboxylic acids is 1. The topological polar surface area (TPSA) is 98.7 Å². The van der Waals surface area contributed by atoms with Gasteiger partial charge in [0.05, 0.1) is 12.7 Å². The molecule has 0 spiro atoms. The molecule has 0 fully saturated rings. The highest BCUT2D eigenvalue weighted by Gasteiger charge is 2.18. The van der Waals surface area contributed by atoms with Gasteiger partial charge in [-0.15, -0.1) is 5.10 Å². The average Bonchev–Trinajstić information content (AvgIpc) is 3.33. The largest absolute Gasteiger partial charge is 0.328 e. The van der Waals surface area contributed by atoms with Gasteiger partial charge in [0.2, 0.25) is 5.82 Å². The molecule has 0 aliphatic rings. The van der Waals surface area contributed by atoms with Crippen molar-refractivity contribution >= 4 is 11.6 Å². The Morgan fingerprint density at radius 2 is 1.93 bits per heavy atom. The molecule has 2 heterocycles. The number of aromatic nitrogens is 5. The van der Waals surface area contributed by atoms with Crippen LogP contribution in [-0.4, -0.2) is 31.0 Å². The molecule has 28 heavy (non-hydrogen) atoms. The Hall–Kier alpha value is -3.81. The van der Waals surface area contributed by atoms with Crippen LogP contribution in [0.2, 0.25) is 0 Å². The molecule has 4 aromatic rings. The van der Waals surface area contributed by atoms with Crippen LogP contribution < -0.4 is 5.32 Å². The fourth-order valence-corrected chi connectivity index (χ4v) is 2.69. The third-order valence-corrected chi connectivity index (χ3v) is 4.13. The first-order chi connectivity index (χ1) is 13.6. The highest BCUT2D eigenvalue weighted by atomic mass is 16.5. The number of anilines is 1. The van der Waals surface area contributed by atoms with E-state index < -0.39 is 5.91 Å². The minimum Gasteiger partial charge on any atom is -0.328 e. The summed E-state index contributed by atoms with van der Waals surface area (Å²) in [6.45, 7) is 4.56. The number of aryl methyl sites for hydroxylation is 2. The lowest BCUT2D eigenvalue weighted by molar-refractivity contribution is 0.0981. The van der Waals surface area contributed by atoms with E-state index in [4.69, 9.17) is 4.52 Å². The first-order valence-electron chi connectivity index (χ1n) is 8.74. The van der Waals surface area contributed by atoms with Gasteiger partial charge >= 0.3 is 11.8 Å². The van der Waals surface area contributed by atoms with E-state index in [1.807, 2.05) is 56.3 Å². The van der Waals surface area contributed by atoms with E-state index in [1.54, 1.807) is 16.9 Å². The second-order valence-electron chi connectivity index (χ2n) is 6.53. The standard InChI is InChI=1S/C20H18N6O2/c1-13-6-8-15(9-7-13)11-26-12-17(23-25-26)18-22-20(28-24-18)19(27)21-16-5-3-4-14(2)10-16/h3-10,12H,11H2,1-2H3,(H,21,27). The first-order valence-corrected chi connectivity index (χ1v) is 8.74. The molecular weight excluding hydrogens is 356 g/mol. The Morgan fingerprint density at radius 1 is 1.11 bits per heavy atom. The van der Waals surface area contributed by atoms with Crippen molar-refractivity contribution in [2.45, 2.75) is 20.4 Å². The lowest BCUT2D eigenvalue weighted by atomic mass is 10.1. The average molecular weight is 374 g/mol. The van der Waals surface area contributed by atoms with Crippen molar-refractivity contribution in [3.63, 3.8) is 0 Å². The second-order valence-corrected chi connectivity index (χ2v) is 6.53. The van der Waals surface area contributed by atoms with Crippen molar-refractivity contribution in [3.05, 3.63) is 77.3 Å². The molecule has 4 rings (SSSR count). The molecule has 0 bridgehead atoms. The van der Waals surface area contributed by atoms with Crippen LogP contribution in [0.5, 0.6) is 0 Å². The van der Waals surface area contributed by atoms with Crippen LogP contribution >= 0.6 is 0 Å². The maximum Gasteiger partial charge on any atom is 0.316 e. The van der Waals surface area contributed by atoms with Crippen LogP contribution in [0, 0.1) is 13.8 Å². The molecule has 2 aromatic heterocycles. The number of nitrogens with one attached hydrogen (secondary N) is 1. The molecule has 0 atom stereocenters. The number of nitrogens with zero attached hydrogens (tertiary/aromatic N) is 5. The zero-order chi connectivity index (χ0) is 19.5. The van der Waals surface area contributed by atoms with Gasteiger partial charge in [-0.2, -0.15) is 4.98 Å². The summed E-state index contributed by atoms with van der Waals surface area (Å²) in [5.41, 5.74) is 4.44. The second kappa shape index (κ2) is 7.43. The molecule has 2 aromatic carbocycles. The molecule has 0 aliphatic carbocycles. The first kappa shape index (κ1) is 17.6. The predicted octanol–water partition coefficient (Wildman–Crippen LogP) is 3.25. The van der Waals surface area contributed by atoms with Crippen LogP contribution in [0.25, 0.3) is 11.5 Å². The summed E-state index contributed by atoms with van der Waals surface area (Å²) in [7, 11) is 0. The molecule has 140 valence electrons. The normalized spacial score (nSPS) is 10.8. The maximum absolute atomic E-state index is 12.3. The number of benzene rings is 2. The van der Waals surface area contributed by atoms with E-state index in [1.165, 1.54) is 5.56 Å². The molecule has 8 heteroatoms. The lowest BCUT2D eigenvalue weighted by Gasteiger charge is -2.02. The van der Waals surface area contributed by atoms with Crippen LogP contribution in [0.3, 0.4) is 0 Å². The minimum absolute atomic E-state index is 0.135. The Balaban J connectivity index is 1.46. The van der Waals surface area contributed by atoms with E-state index in [0.29, 0.717) is 17.9 Å². The van der Waals surface area contributed by atoms with E-state index in [9.17, 15) is 4.79 Å². The number of hydrogen-bond acceptors (Lipinski definition) is 6. The monoisotopic (exact) mass is 374 g/mol. The summed E-state index contributed by atoms with van der Waals surface area (Å²) in [4.78, 5) is 16.4. The van der Waals surface area contributed by atoms with Gasteiger partial charge in [0.15, 0.2) is 5.69 Å². The van der Waals surface area contributed by atoms with Gasteiger partial charge in [-0.05, 0) is 37.1 Å². The maximum atomic E-state index is 12.3. The lowest BCUT2D eigenvalue weighted by Crippen LogP contribution is -2.12. The zero-order valence-corrected chi connectivity index (χ0v) is 15.5. The van der Waals surface area contributed by atoms with Gasteiger partial charge in [-0.1, -0.05) is 52.3 Å².